The molecule has 1 unspecified atom stereocenters. The highest BCUT2D eigenvalue weighted by atomic mass is 16.5. The van der Waals surface area contributed by atoms with Gasteiger partial charge in [0.2, 0.25) is 0 Å². The summed E-state index contributed by atoms with van der Waals surface area (Å²) in [5.41, 5.74) is 1.93. The lowest BCUT2D eigenvalue weighted by molar-refractivity contribution is 0.144. The van der Waals surface area contributed by atoms with Crippen LogP contribution in [0.15, 0.2) is 0 Å². The van der Waals surface area contributed by atoms with Crippen molar-refractivity contribution in [2.45, 2.75) is 33.4 Å². The Bertz CT molecular complexity index is 233. The number of amides is 3. The molecular weight excluding hydrogens is 212 g/mol. The minimum atomic E-state index is -0.564. The number of hydrazine groups is 1. The van der Waals surface area contributed by atoms with Crippen LogP contribution in [0.25, 0.3) is 0 Å². The van der Waals surface area contributed by atoms with E-state index >= 15 is 0 Å². The van der Waals surface area contributed by atoms with Crippen LogP contribution in [0.4, 0.5) is 9.59 Å². The summed E-state index contributed by atoms with van der Waals surface area (Å²) >= 11 is 0. The maximum absolute atomic E-state index is 11.2. The molecule has 0 aliphatic carbocycles. The van der Waals surface area contributed by atoms with Gasteiger partial charge in [-0.3, -0.25) is 5.43 Å². The molecule has 0 fully saturated rings. The van der Waals surface area contributed by atoms with E-state index in [0.717, 1.165) is 0 Å². The van der Waals surface area contributed by atoms with E-state index in [1.807, 2.05) is 19.3 Å². The summed E-state index contributed by atoms with van der Waals surface area (Å²) in [4.78, 5) is 22.2. The first kappa shape index (κ1) is 14.5. The van der Waals surface area contributed by atoms with Crippen LogP contribution in [-0.2, 0) is 4.74 Å². The lowest BCUT2D eigenvalue weighted by Gasteiger charge is -2.21. The molecule has 0 aromatic carbocycles. The fourth-order valence-electron chi connectivity index (χ4n) is 1.14. The van der Waals surface area contributed by atoms with Crippen molar-refractivity contribution in [2.75, 3.05) is 6.61 Å². The average molecular weight is 232 g/mol. The maximum Gasteiger partial charge on any atom is 0.408 e. The number of nitrogens with two attached hydrogens (primary N) is 1. The Morgan fingerprint density at radius 1 is 1.31 bits per heavy atom. The van der Waals surface area contributed by atoms with Crippen molar-refractivity contribution < 1.29 is 14.3 Å². The number of alkyl carbamates (subject to hydrolysis) is 1. The summed E-state index contributed by atoms with van der Waals surface area (Å²) in [6, 6.07) is -0.553. The Balaban J connectivity index is 4.19. The highest BCUT2D eigenvalue weighted by Gasteiger charge is 2.16. The molecule has 0 bridgehead atoms. The third-order valence-electron chi connectivity index (χ3n) is 1.71. The van der Waals surface area contributed by atoms with Crippen molar-refractivity contribution in [1.29, 1.82) is 0 Å². The quantitative estimate of drug-likeness (QED) is 0.236. The van der Waals surface area contributed by atoms with Crippen LogP contribution in [0.3, 0.4) is 0 Å². The molecule has 94 valence electrons. The molecular formula is C9H20N4O3. The van der Waals surface area contributed by atoms with E-state index < -0.39 is 18.3 Å². The van der Waals surface area contributed by atoms with Crippen LogP contribution in [0, 0.1) is 5.92 Å². The van der Waals surface area contributed by atoms with Crippen molar-refractivity contribution in [2.24, 2.45) is 11.8 Å². The van der Waals surface area contributed by atoms with Gasteiger partial charge in [0.25, 0.3) is 0 Å². The molecule has 0 radical (unpaired) electrons. The minimum absolute atomic E-state index is 0.281. The first-order chi connectivity index (χ1) is 7.49. The predicted octanol–water partition coefficient (Wildman–Crippen LogP) is 0.278. The number of carbonyl (C=O) groups is 2. The third-order valence-corrected chi connectivity index (χ3v) is 1.71. The number of hydrogen-bond acceptors (Lipinski definition) is 4. The van der Waals surface area contributed by atoms with Crippen molar-refractivity contribution in [1.82, 2.24) is 16.1 Å². The molecule has 0 heterocycles. The van der Waals surface area contributed by atoms with E-state index in [1.165, 1.54) is 0 Å². The molecule has 7 heteroatoms. The highest BCUT2D eigenvalue weighted by Crippen LogP contribution is 2.02. The zero-order valence-electron chi connectivity index (χ0n) is 9.87. The number of nitrogens with one attached hydrogen (secondary N) is 3. The second-order valence-corrected chi connectivity index (χ2v) is 3.66. The minimum Gasteiger partial charge on any atom is -0.450 e. The Morgan fingerprint density at radius 3 is 2.38 bits per heavy atom. The molecule has 0 aliphatic rings. The smallest absolute Gasteiger partial charge is 0.408 e. The van der Waals surface area contributed by atoms with E-state index in [4.69, 9.17) is 10.6 Å². The molecule has 3 amide bonds. The van der Waals surface area contributed by atoms with Crippen molar-refractivity contribution in [3.8, 4) is 0 Å². The molecule has 0 aliphatic heterocycles. The number of urea groups is 1. The Morgan fingerprint density at radius 2 is 1.94 bits per heavy atom. The number of ether oxygens (including phenoxy) is 1. The van der Waals surface area contributed by atoms with Gasteiger partial charge in [-0.05, 0) is 19.3 Å². The fourth-order valence-corrected chi connectivity index (χ4v) is 1.14. The van der Waals surface area contributed by atoms with E-state index in [1.54, 1.807) is 6.92 Å². The van der Waals surface area contributed by atoms with Gasteiger partial charge in [0, 0.05) is 0 Å². The van der Waals surface area contributed by atoms with E-state index in [0.29, 0.717) is 12.3 Å². The van der Waals surface area contributed by atoms with Gasteiger partial charge < -0.3 is 15.4 Å². The van der Waals surface area contributed by atoms with Crippen molar-refractivity contribution >= 4 is 12.1 Å². The number of hydrogen-bond donors (Lipinski definition) is 4. The molecule has 0 aromatic rings. The standard InChI is InChI=1S/C9H20N4O3/c1-4-16-9(15)12-7(5-6(2)3)11-8(14)13-10/h6-7H,4-5,10H2,1-3H3,(H,12,15)(H2,11,13,14). The lowest BCUT2D eigenvalue weighted by atomic mass is 10.1. The second-order valence-electron chi connectivity index (χ2n) is 3.66. The second kappa shape index (κ2) is 7.75. The molecule has 0 saturated carbocycles. The summed E-state index contributed by atoms with van der Waals surface area (Å²) in [6.07, 6.45) is -0.472. The normalized spacial score (nSPS) is 11.8. The molecule has 0 aromatic heterocycles. The van der Waals surface area contributed by atoms with Crippen LogP contribution < -0.4 is 21.9 Å². The lowest BCUT2D eigenvalue weighted by Crippen LogP contribution is -2.53. The van der Waals surface area contributed by atoms with Crippen LogP contribution in [-0.4, -0.2) is 24.9 Å². The summed E-state index contributed by atoms with van der Waals surface area (Å²) < 4.78 is 4.72. The maximum atomic E-state index is 11.2. The topological polar surface area (TPSA) is 105 Å². The first-order valence-electron chi connectivity index (χ1n) is 5.20. The Kier molecular flexibility index (Phi) is 7.02. The van der Waals surface area contributed by atoms with Crippen molar-refractivity contribution in [3.05, 3.63) is 0 Å². The Labute approximate surface area is 95.1 Å². The van der Waals surface area contributed by atoms with Gasteiger partial charge in [0.05, 0.1) is 6.61 Å². The molecule has 0 rings (SSSR count). The van der Waals surface area contributed by atoms with Gasteiger partial charge in [-0.1, -0.05) is 13.8 Å². The van der Waals surface area contributed by atoms with Gasteiger partial charge in [-0.2, -0.15) is 0 Å². The van der Waals surface area contributed by atoms with Gasteiger partial charge in [0.15, 0.2) is 0 Å². The van der Waals surface area contributed by atoms with Gasteiger partial charge in [-0.25, -0.2) is 15.4 Å². The fraction of sp³-hybridized carbons (Fsp3) is 0.778. The van der Waals surface area contributed by atoms with Crippen molar-refractivity contribution in [3.63, 3.8) is 0 Å². The average Bonchev–Trinajstić information content (AvgIpc) is 2.16. The van der Waals surface area contributed by atoms with Crippen LogP contribution in [0.2, 0.25) is 0 Å². The van der Waals surface area contributed by atoms with E-state index in [-0.39, 0.29) is 6.61 Å². The van der Waals surface area contributed by atoms with Crippen LogP contribution >= 0.6 is 0 Å². The van der Waals surface area contributed by atoms with Crippen LogP contribution in [0.5, 0.6) is 0 Å². The molecule has 0 spiro atoms. The zero-order chi connectivity index (χ0) is 12.6. The van der Waals surface area contributed by atoms with Gasteiger partial charge >= 0.3 is 12.1 Å². The SMILES string of the molecule is CCOC(=O)NC(CC(C)C)NC(=O)NN. The Hall–Kier alpha value is -1.50. The monoisotopic (exact) mass is 232 g/mol. The molecule has 7 nitrogen and oxygen atoms in total. The summed E-state index contributed by atoms with van der Waals surface area (Å²) in [6.45, 7) is 5.93. The van der Waals surface area contributed by atoms with Gasteiger partial charge in [0.1, 0.15) is 6.17 Å². The predicted molar refractivity (Wildman–Crippen MR) is 59.3 cm³/mol. The molecule has 0 saturated heterocycles. The largest absolute Gasteiger partial charge is 0.450 e. The molecule has 1 atom stereocenters. The summed E-state index contributed by atoms with van der Waals surface area (Å²) in [5.74, 6) is 5.24. The van der Waals surface area contributed by atoms with Gasteiger partial charge in [-0.15, -0.1) is 0 Å². The first-order valence-corrected chi connectivity index (χ1v) is 5.20. The zero-order valence-corrected chi connectivity index (χ0v) is 9.87. The summed E-state index contributed by atoms with van der Waals surface area (Å²) in [5, 5.41) is 5.03. The van der Waals surface area contributed by atoms with E-state index in [9.17, 15) is 9.59 Å². The highest BCUT2D eigenvalue weighted by molar-refractivity contribution is 5.74. The summed E-state index contributed by atoms with van der Waals surface area (Å²) in [7, 11) is 0. The molecule has 5 N–H and O–H groups in total. The molecule has 16 heavy (non-hydrogen) atoms. The van der Waals surface area contributed by atoms with E-state index in [2.05, 4.69) is 10.6 Å². The van der Waals surface area contributed by atoms with Crippen LogP contribution in [0.1, 0.15) is 27.2 Å². The number of rotatable bonds is 5. The number of carbonyl (C=O) groups excluding carboxylic acids is 2. The third kappa shape index (κ3) is 6.88.